The third-order valence-corrected chi connectivity index (χ3v) is 5.65. The van der Waals surface area contributed by atoms with Crippen molar-refractivity contribution in [2.75, 3.05) is 43.9 Å². The van der Waals surface area contributed by atoms with Gasteiger partial charge in [0.15, 0.2) is 0 Å². The highest BCUT2D eigenvalue weighted by Gasteiger charge is 2.34. The minimum atomic E-state index is -0.715. The van der Waals surface area contributed by atoms with Gasteiger partial charge in [-0.05, 0) is 62.7 Å². The summed E-state index contributed by atoms with van der Waals surface area (Å²) in [5, 5.41) is 9.59. The number of ether oxygens (including phenoxy) is 1. The molecule has 0 aromatic heterocycles. The Morgan fingerprint density at radius 1 is 1.03 bits per heavy atom. The molecule has 2 aromatic rings. The number of carbonyl (C=O) groups excluding carboxylic acids is 2. The summed E-state index contributed by atoms with van der Waals surface area (Å²) in [5.41, 5.74) is 7.76. The average molecular weight is 455 g/mol. The fourth-order valence-electron chi connectivity index (χ4n) is 3.79. The van der Waals surface area contributed by atoms with Crippen molar-refractivity contribution in [1.82, 2.24) is 9.80 Å². The molecule has 1 heterocycles. The van der Waals surface area contributed by atoms with Crippen LogP contribution in [0.25, 0.3) is 0 Å². The Labute approximate surface area is 195 Å². The topological polar surface area (TPSA) is 99.3 Å². The second kappa shape index (κ2) is 10.0. The van der Waals surface area contributed by atoms with Crippen molar-refractivity contribution < 1.29 is 19.4 Å². The molecule has 3 rings (SSSR count). The number of piperazine rings is 1. The zero-order valence-electron chi connectivity index (χ0n) is 19.8. The second-order valence-electron chi connectivity index (χ2n) is 9.38. The molecule has 3 N–H and O–H groups in total. The number of hydrogen-bond acceptors (Lipinski definition) is 6. The van der Waals surface area contributed by atoms with Crippen molar-refractivity contribution >= 4 is 23.4 Å². The molecule has 1 fully saturated rings. The van der Waals surface area contributed by atoms with Gasteiger partial charge in [0.2, 0.25) is 5.91 Å². The molecule has 178 valence electrons. The zero-order chi connectivity index (χ0) is 24.2. The van der Waals surface area contributed by atoms with Crippen LogP contribution in [0, 0.1) is 0 Å². The maximum absolute atomic E-state index is 13.6. The van der Waals surface area contributed by atoms with Gasteiger partial charge in [0.1, 0.15) is 17.4 Å². The summed E-state index contributed by atoms with van der Waals surface area (Å²) in [4.78, 5) is 31.7. The molecule has 0 bridgehead atoms. The van der Waals surface area contributed by atoms with Crippen LogP contribution in [0.3, 0.4) is 0 Å². The van der Waals surface area contributed by atoms with Gasteiger partial charge < -0.3 is 25.4 Å². The number of nitrogen functional groups attached to an aromatic ring is 1. The van der Waals surface area contributed by atoms with Gasteiger partial charge in [0, 0.05) is 51.0 Å². The highest BCUT2D eigenvalue weighted by atomic mass is 16.6. The third-order valence-electron chi connectivity index (χ3n) is 5.65. The summed E-state index contributed by atoms with van der Waals surface area (Å²) < 4.78 is 5.52. The molecule has 1 aliphatic heterocycles. The molecule has 1 saturated heterocycles. The Morgan fingerprint density at radius 2 is 1.61 bits per heavy atom. The first-order valence-corrected chi connectivity index (χ1v) is 11.2. The van der Waals surface area contributed by atoms with Crippen LogP contribution in [0.1, 0.15) is 26.3 Å². The van der Waals surface area contributed by atoms with E-state index in [0.717, 1.165) is 16.9 Å². The smallest absolute Gasteiger partial charge is 0.410 e. The monoisotopic (exact) mass is 454 g/mol. The first kappa shape index (κ1) is 24.2. The molecule has 2 amide bonds. The number of carbonyl (C=O) groups is 2. The molecule has 8 nitrogen and oxygen atoms in total. The highest BCUT2D eigenvalue weighted by Crippen LogP contribution is 2.21. The average Bonchev–Trinajstić information content (AvgIpc) is 2.77. The van der Waals surface area contributed by atoms with Crippen molar-refractivity contribution in [3.63, 3.8) is 0 Å². The molecule has 0 radical (unpaired) electrons. The number of anilines is 2. The first-order valence-electron chi connectivity index (χ1n) is 11.2. The number of benzene rings is 2. The van der Waals surface area contributed by atoms with E-state index in [2.05, 4.69) is 4.90 Å². The largest absolute Gasteiger partial charge is 0.508 e. The number of phenolic OH excluding ortho intramolecular Hbond substituents is 1. The summed E-state index contributed by atoms with van der Waals surface area (Å²) in [6, 6.07) is 13.7. The van der Waals surface area contributed by atoms with E-state index in [1.54, 1.807) is 57.0 Å². The summed E-state index contributed by atoms with van der Waals surface area (Å²) >= 11 is 0. The van der Waals surface area contributed by atoms with Crippen LogP contribution in [0.15, 0.2) is 48.5 Å². The van der Waals surface area contributed by atoms with E-state index >= 15 is 0 Å². The predicted octanol–water partition coefficient (Wildman–Crippen LogP) is 3.10. The summed E-state index contributed by atoms with van der Waals surface area (Å²) in [5.74, 6) is 0.0364. The SMILES string of the molecule is CN(C(=O)OC(C)(C)C)[C@@H](Cc1ccc(O)cc1)C(=O)N1CCN(c2ccc(N)cc2)CC1. The molecule has 0 aliphatic carbocycles. The number of nitrogens with two attached hydrogens (primary N) is 1. The number of aromatic hydroxyl groups is 1. The van der Waals surface area contributed by atoms with Crippen LogP contribution in [-0.2, 0) is 16.0 Å². The minimum Gasteiger partial charge on any atom is -0.508 e. The standard InChI is InChI=1S/C25H34N4O4/c1-25(2,3)33-24(32)27(4)22(17-18-5-11-21(30)12-6-18)23(31)29-15-13-28(14-16-29)20-9-7-19(26)8-10-20/h5-12,22,30H,13-17,26H2,1-4H3/t22-/m0/s1. The molecule has 1 atom stereocenters. The van der Waals surface area contributed by atoms with Crippen LogP contribution in [0.2, 0.25) is 0 Å². The summed E-state index contributed by atoms with van der Waals surface area (Å²) in [6.45, 7) is 7.88. The van der Waals surface area contributed by atoms with Gasteiger partial charge in [0.25, 0.3) is 0 Å². The fourth-order valence-corrected chi connectivity index (χ4v) is 3.79. The number of amides is 2. The van der Waals surface area contributed by atoms with Gasteiger partial charge in [-0.1, -0.05) is 12.1 Å². The van der Waals surface area contributed by atoms with Gasteiger partial charge in [-0.15, -0.1) is 0 Å². The van der Waals surface area contributed by atoms with Crippen molar-refractivity contribution in [2.24, 2.45) is 0 Å². The highest BCUT2D eigenvalue weighted by molar-refractivity contribution is 5.86. The van der Waals surface area contributed by atoms with Crippen LogP contribution in [-0.4, -0.2) is 71.8 Å². The van der Waals surface area contributed by atoms with Crippen LogP contribution < -0.4 is 10.6 Å². The molecule has 0 spiro atoms. The number of nitrogens with zero attached hydrogens (tertiary/aromatic N) is 3. The molecular formula is C25H34N4O4. The number of rotatable bonds is 5. The van der Waals surface area contributed by atoms with E-state index in [1.165, 1.54) is 4.90 Å². The lowest BCUT2D eigenvalue weighted by molar-refractivity contribution is -0.136. The molecule has 0 saturated carbocycles. The van der Waals surface area contributed by atoms with Crippen LogP contribution >= 0.6 is 0 Å². The van der Waals surface area contributed by atoms with Crippen LogP contribution in [0.5, 0.6) is 5.75 Å². The predicted molar refractivity (Wildman–Crippen MR) is 129 cm³/mol. The lowest BCUT2D eigenvalue weighted by atomic mass is 10.0. The quantitative estimate of drug-likeness (QED) is 0.674. The maximum atomic E-state index is 13.6. The van der Waals surface area contributed by atoms with Gasteiger partial charge in [-0.25, -0.2) is 4.79 Å². The van der Waals surface area contributed by atoms with E-state index in [1.807, 2.05) is 24.3 Å². The Hall–Kier alpha value is -3.42. The second-order valence-corrected chi connectivity index (χ2v) is 9.38. The lowest BCUT2D eigenvalue weighted by Crippen LogP contribution is -2.56. The van der Waals surface area contributed by atoms with Crippen LogP contribution in [0.4, 0.5) is 16.2 Å². The number of likely N-dealkylation sites (N-methyl/N-ethyl adjacent to an activating group) is 1. The Kier molecular flexibility index (Phi) is 7.36. The van der Waals surface area contributed by atoms with Gasteiger partial charge in [-0.3, -0.25) is 9.69 Å². The Morgan fingerprint density at radius 3 is 2.15 bits per heavy atom. The number of hydrogen-bond donors (Lipinski definition) is 2. The van der Waals surface area contributed by atoms with Gasteiger partial charge in [-0.2, -0.15) is 0 Å². The van der Waals surface area contributed by atoms with Crippen molar-refractivity contribution in [2.45, 2.75) is 38.8 Å². The Balaban J connectivity index is 1.73. The maximum Gasteiger partial charge on any atom is 0.410 e. The van der Waals surface area contributed by atoms with Crippen molar-refractivity contribution in [1.29, 1.82) is 0 Å². The number of phenols is 1. The first-order chi connectivity index (χ1) is 15.5. The molecule has 8 heteroatoms. The fraction of sp³-hybridized carbons (Fsp3) is 0.440. The molecule has 2 aromatic carbocycles. The summed E-state index contributed by atoms with van der Waals surface area (Å²) in [6.07, 6.45) is -0.215. The van der Waals surface area contributed by atoms with E-state index < -0.39 is 17.7 Å². The van der Waals surface area contributed by atoms with E-state index in [0.29, 0.717) is 32.6 Å². The van der Waals surface area contributed by atoms with Crippen molar-refractivity contribution in [3.8, 4) is 5.75 Å². The third kappa shape index (κ3) is 6.54. The normalized spacial score (nSPS) is 15.2. The van der Waals surface area contributed by atoms with E-state index in [4.69, 9.17) is 10.5 Å². The van der Waals surface area contributed by atoms with Gasteiger partial charge in [0.05, 0.1) is 0 Å². The Bertz CT molecular complexity index is 946. The molecule has 33 heavy (non-hydrogen) atoms. The van der Waals surface area contributed by atoms with E-state index in [-0.39, 0.29) is 11.7 Å². The minimum absolute atomic E-state index is 0.117. The lowest BCUT2D eigenvalue weighted by Gasteiger charge is -2.39. The molecule has 1 aliphatic rings. The zero-order valence-corrected chi connectivity index (χ0v) is 19.8. The molecular weight excluding hydrogens is 420 g/mol. The molecule has 0 unspecified atom stereocenters. The van der Waals surface area contributed by atoms with E-state index in [9.17, 15) is 14.7 Å². The van der Waals surface area contributed by atoms with Crippen molar-refractivity contribution in [3.05, 3.63) is 54.1 Å². The van der Waals surface area contributed by atoms with Gasteiger partial charge >= 0.3 is 6.09 Å². The summed E-state index contributed by atoms with van der Waals surface area (Å²) in [7, 11) is 1.60.